The lowest BCUT2D eigenvalue weighted by atomic mass is 10.2. The van der Waals surface area contributed by atoms with Gasteiger partial charge in [0.15, 0.2) is 5.65 Å². The van der Waals surface area contributed by atoms with Gasteiger partial charge in [-0.3, -0.25) is 4.57 Å². The zero-order valence-corrected chi connectivity index (χ0v) is 10.4. The predicted octanol–water partition coefficient (Wildman–Crippen LogP) is 2.53. The van der Waals surface area contributed by atoms with Gasteiger partial charge >= 0.3 is 5.63 Å². The molecule has 20 heavy (non-hydrogen) atoms. The van der Waals surface area contributed by atoms with E-state index in [4.69, 9.17) is 4.42 Å². The van der Waals surface area contributed by atoms with Crippen molar-refractivity contribution >= 4 is 22.1 Å². The van der Waals surface area contributed by atoms with Gasteiger partial charge in [0.1, 0.15) is 23.1 Å². The van der Waals surface area contributed by atoms with Gasteiger partial charge in [0.25, 0.3) is 0 Å². The molecular weight excluding hydrogens is 254 g/mol. The van der Waals surface area contributed by atoms with E-state index in [0.717, 1.165) is 10.9 Å². The lowest BCUT2D eigenvalue weighted by Crippen LogP contribution is -2.09. The Kier molecular flexibility index (Phi) is 2.20. The molecule has 0 N–H and O–H groups in total. The minimum atomic E-state index is -0.409. The second-order valence-electron chi connectivity index (χ2n) is 4.42. The van der Waals surface area contributed by atoms with Crippen LogP contribution in [0.25, 0.3) is 27.8 Å². The molecule has 4 rings (SSSR count). The van der Waals surface area contributed by atoms with Crippen molar-refractivity contribution in [3.8, 4) is 5.69 Å². The van der Waals surface area contributed by atoms with Gasteiger partial charge in [-0.2, -0.15) is 0 Å². The molecule has 0 bridgehead atoms. The third-order valence-corrected chi connectivity index (χ3v) is 3.19. The lowest BCUT2D eigenvalue weighted by Gasteiger charge is -2.03. The molecule has 0 aliphatic carbocycles. The molecule has 1 aromatic carbocycles. The van der Waals surface area contributed by atoms with E-state index in [9.17, 15) is 4.79 Å². The molecule has 5 heteroatoms. The van der Waals surface area contributed by atoms with Gasteiger partial charge in [0.05, 0.1) is 0 Å². The van der Waals surface area contributed by atoms with Crippen LogP contribution in [0.3, 0.4) is 0 Å². The molecule has 0 aliphatic heterocycles. The monoisotopic (exact) mass is 263 g/mol. The fourth-order valence-electron chi connectivity index (χ4n) is 2.24. The minimum absolute atomic E-state index is 0.407. The Morgan fingerprint density at radius 3 is 2.90 bits per heavy atom. The summed E-state index contributed by atoms with van der Waals surface area (Å²) in [6, 6.07) is 12.8. The number of fused-ring (bicyclic) bond motifs is 2. The van der Waals surface area contributed by atoms with Gasteiger partial charge in [-0.15, -0.1) is 0 Å². The van der Waals surface area contributed by atoms with Gasteiger partial charge < -0.3 is 4.42 Å². The van der Waals surface area contributed by atoms with Crippen LogP contribution in [0, 0.1) is 0 Å². The number of pyridine rings is 1. The largest absolute Gasteiger partial charge is 0.421 e. The summed E-state index contributed by atoms with van der Waals surface area (Å²) in [4.78, 5) is 20.6. The van der Waals surface area contributed by atoms with Gasteiger partial charge in [0.2, 0.25) is 0 Å². The molecule has 96 valence electrons. The van der Waals surface area contributed by atoms with Gasteiger partial charge in [0, 0.05) is 11.6 Å². The SMILES string of the molecule is O=c1oc2ccccc2cc1-n1cnc2cccnc21. The molecule has 0 aliphatic rings. The van der Waals surface area contributed by atoms with Crippen LogP contribution in [0.5, 0.6) is 0 Å². The van der Waals surface area contributed by atoms with Crippen LogP contribution in [0.15, 0.2) is 64.2 Å². The summed E-state index contributed by atoms with van der Waals surface area (Å²) in [5.41, 5.74) is 1.94. The van der Waals surface area contributed by atoms with E-state index >= 15 is 0 Å². The Labute approximate surface area is 113 Å². The zero-order valence-electron chi connectivity index (χ0n) is 10.4. The maximum absolute atomic E-state index is 12.1. The molecule has 0 radical (unpaired) electrons. The Morgan fingerprint density at radius 2 is 1.95 bits per heavy atom. The van der Waals surface area contributed by atoms with Gasteiger partial charge in [-0.05, 0) is 24.3 Å². The summed E-state index contributed by atoms with van der Waals surface area (Å²) in [6.45, 7) is 0. The maximum atomic E-state index is 12.1. The van der Waals surface area contributed by atoms with Crippen LogP contribution in [-0.4, -0.2) is 14.5 Å². The van der Waals surface area contributed by atoms with E-state index in [1.165, 1.54) is 0 Å². The number of hydrogen-bond acceptors (Lipinski definition) is 4. The summed E-state index contributed by atoms with van der Waals surface area (Å²) >= 11 is 0. The summed E-state index contributed by atoms with van der Waals surface area (Å²) in [5.74, 6) is 0. The zero-order chi connectivity index (χ0) is 13.5. The highest BCUT2D eigenvalue weighted by Gasteiger charge is 2.11. The van der Waals surface area contributed by atoms with E-state index < -0.39 is 5.63 Å². The number of benzene rings is 1. The fourth-order valence-corrected chi connectivity index (χ4v) is 2.24. The summed E-state index contributed by atoms with van der Waals surface area (Å²) in [5, 5.41) is 0.861. The quantitative estimate of drug-likeness (QED) is 0.495. The Bertz CT molecular complexity index is 985. The molecule has 5 nitrogen and oxygen atoms in total. The standard InChI is InChI=1S/C15H9N3O2/c19-15-12(8-10-4-1-2-6-13(10)20-15)18-9-17-11-5-3-7-16-14(11)18/h1-9H. The second-order valence-corrected chi connectivity index (χ2v) is 4.42. The van der Waals surface area contributed by atoms with E-state index in [1.807, 2.05) is 30.3 Å². The van der Waals surface area contributed by atoms with Crippen LogP contribution < -0.4 is 5.63 Å². The smallest absolute Gasteiger partial charge is 0.360 e. The van der Waals surface area contributed by atoms with Gasteiger partial charge in [-0.25, -0.2) is 14.8 Å². The molecule has 0 spiro atoms. The molecular formula is C15H9N3O2. The lowest BCUT2D eigenvalue weighted by molar-refractivity contribution is 0.556. The molecule has 0 atom stereocenters. The number of hydrogen-bond donors (Lipinski definition) is 0. The topological polar surface area (TPSA) is 60.9 Å². The molecule has 4 aromatic rings. The van der Waals surface area contributed by atoms with Crippen LogP contribution in [0.2, 0.25) is 0 Å². The molecule has 0 amide bonds. The Morgan fingerprint density at radius 1 is 1.05 bits per heavy atom. The number of para-hydroxylation sites is 1. The van der Waals surface area contributed by atoms with Crippen LogP contribution in [0.1, 0.15) is 0 Å². The molecule has 0 saturated heterocycles. The summed E-state index contributed by atoms with van der Waals surface area (Å²) < 4.78 is 6.98. The van der Waals surface area contributed by atoms with Crippen molar-refractivity contribution in [3.05, 3.63) is 65.4 Å². The Balaban J connectivity index is 2.07. The van der Waals surface area contributed by atoms with Crippen LogP contribution in [-0.2, 0) is 0 Å². The first-order chi connectivity index (χ1) is 9.83. The number of rotatable bonds is 1. The average molecular weight is 263 g/mol. The second kappa shape index (κ2) is 4.03. The minimum Gasteiger partial charge on any atom is -0.421 e. The third-order valence-electron chi connectivity index (χ3n) is 3.19. The fraction of sp³-hybridized carbons (Fsp3) is 0. The van der Waals surface area contributed by atoms with Crippen molar-refractivity contribution in [1.82, 2.24) is 14.5 Å². The first-order valence-corrected chi connectivity index (χ1v) is 6.14. The Hall–Kier alpha value is -2.95. The van der Waals surface area contributed by atoms with Crippen molar-refractivity contribution in [2.24, 2.45) is 0 Å². The average Bonchev–Trinajstić information content (AvgIpc) is 2.90. The van der Waals surface area contributed by atoms with E-state index in [1.54, 1.807) is 29.2 Å². The molecule has 0 saturated carbocycles. The predicted molar refractivity (Wildman–Crippen MR) is 74.9 cm³/mol. The van der Waals surface area contributed by atoms with Crippen LogP contribution >= 0.6 is 0 Å². The van der Waals surface area contributed by atoms with Crippen LogP contribution in [0.4, 0.5) is 0 Å². The van der Waals surface area contributed by atoms with Crippen molar-refractivity contribution in [3.63, 3.8) is 0 Å². The third kappa shape index (κ3) is 1.53. The van der Waals surface area contributed by atoms with E-state index in [0.29, 0.717) is 16.9 Å². The number of aromatic nitrogens is 3. The maximum Gasteiger partial charge on any atom is 0.360 e. The van der Waals surface area contributed by atoms with Crippen molar-refractivity contribution < 1.29 is 4.42 Å². The normalized spacial score (nSPS) is 11.2. The summed E-state index contributed by atoms with van der Waals surface area (Å²) in [7, 11) is 0. The highest BCUT2D eigenvalue weighted by molar-refractivity contribution is 5.79. The van der Waals surface area contributed by atoms with Gasteiger partial charge in [-0.1, -0.05) is 18.2 Å². The molecule has 0 fully saturated rings. The van der Waals surface area contributed by atoms with Crippen molar-refractivity contribution in [2.75, 3.05) is 0 Å². The molecule has 3 aromatic heterocycles. The summed E-state index contributed by atoms with van der Waals surface area (Å²) in [6.07, 6.45) is 3.25. The van der Waals surface area contributed by atoms with Crippen molar-refractivity contribution in [2.45, 2.75) is 0 Å². The van der Waals surface area contributed by atoms with E-state index in [-0.39, 0.29) is 0 Å². The number of nitrogens with zero attached hydrogens (tertiary/aromatic N) is 3. The first kappa shape index (κ1) is 10.9. The molecule has 3 heterocycles. The highest BCUT2D eigenvalue weighted by atomic mass is 16.4. The van der Waals surface area contributed by atoms with Crippen molar-refractivity contribution in [1.29, 1.82) is 0 Å². The highest BCUT2D eigenvalue weighted by Crippen LogP contribution is 2.18. The molecule has 0 unspecified atom stereocenters. The van der Waals surface area contributed by atoms with E-state index in [2.05, 4.69) is 9.97 Å². The first-order valence-electron chi connectivity index (χ1n) is 6.14. The number of imidazole rings is 1.